The highest BCUT2D eigenvalue weighted by molar-refractivity contribution is 6.33. The molecule has 1 aliphatic rings. The number of hydrogen-bond acceptors (Lipinski definition) is 6. The Hall–Kier alpha value is -2.99. The van der Waals surface area contributed by atoms with Crippen molar-refractivity contribution in [2.45, 2.75) is 38.1 Å². The number of rotatable bonds is 8. The van der Waals surface area contributed by atoms with Crippen LogP contribution in [0.3, 0.4) is 0 Å². The first-order chi connectivity index (χ1) is 16.4. The average Bonchev–Trinajstić information content (AvgIpc) is 3.30. The van der Waals surface area contributed by atoms with E-state index in [0.29, 0.717) is 19.2 Å². The number of halogens is 6. The third-order valence-electron chi connectivity index (χ3n) is 5.17. The molecule has 1 amide bonds. The van der Waals surface area contributed by atoms with Crippen LogP contribution in [0, 0.1) is 0 Å². The summed E-state index contributed by atoms with van der Waals surface area (Å²) in [5.74, 6) is -7.51. The van der Waals surface area contributed by atoms with E-state index >= 15 is 0 Å². The first-order valence-electron chi connectivity index (χ1n) is 10.4. The molecule has 1 aromatic carbocycles. The largest absolute Gasteiger partial charge is 0.488 e. The number of carbonyl (C=O) groups is 2. The third kappa shape index (κ3) is 6.37. The van der Waals surface area contributed by atoms with Crippen LogP contribution in [0.1, 0.15) is 35.7 Å². The number of likely N-dealkylation sites (tertiary alicyclic amines) is 1. The Kier molecular flexibility index (Phi) is 8.16. The molecule has 1 N–H and O–H groups in total. The van der Waals surface area contributed by atoms with Gasteiger partial charge in [-0.2, -0.15) is 22.0 Å². The number of aromatic nitrogens is 1. The summed E-state index contributed by atoms with van der Waals surface area (Å²) in [6, 6.07) is 5.03. The molecule has 1 unspecified atom stereocenters. The van der Waals surface area contributed by atoms with Crippen molar-refractivity contribution >= 4 is 29.2 Å². The predicted molar refractivity (Wildman–Crippen MR) is 115 cm³/mol. The molecule has 1 aliphatic heterocycles. The molecule has 1 fully saturated rings. The van der Waals surface area contributed by atoms with Gasteiger partial charge in [-0.3, -0.25) is 14.5 Å². The van der Waals surface area contributed by atoms with E-state index in [-0.39, 0.29) is 16.4 Å². The molecule has 1 saturated heterocycles. The van der Waals surface area contributed by atoms with E-state index in [4.69, 9.17) is 21.1 Å². The third-order valence-corrected chi connectivity index (χ3v) is 5.47. The van der Waals surface area contributed by atoms with Gasteiger partial charge in [0.05, 0.1) is 11.1 Å². The van der Waals surface area contributed by atoms with E-state index in [2.05, 4.69) is 10.3 Å². The molecular formula is C22H21ClF5N3O4. The SMILES string of the molecule is CC(=O)OC(COc1cc(NC(=O)c2cccnc2Cl)ccc1C(F)(F)C(F)(F)F)N1CCCC1. The van der Waals surface area contributed by atoms with Crippen LogP contribution in [0.15, 0.2) is 36.5 Å². The van der Waals surface area contributed by atoms with Gasteiger partial charge in [0.25, 0.3) is 5.91 Å². The minimum absolute atomic E-state index is 0.0368. The van der Waals surface area contributed by atoms with E-state index in [1.165, 1.54) is 18.3 Å². The second-order valence-electron chi connectivity index (χ2n) is 7.70. The molecule has 13 heteroatoms. The second-order valence-corrected chi connectivity index (χ2v) is 8.06. The highest BCUT2D eigenvalue weighted by Crippen LogP contribution is 2.47. The van der Waals surface area contributed by atoms with Gasteiger partial charge in [-0.1, -0.05) is 11.6 Å². The first-order valence-corrected chi connectivity index (χ1v) is 10.8. The molecular weight excluding hydrogens is 501 g/mol. The topological polar surface area (TPSA) is 80.8 Å². The van der Waals surface area contributed by atoms with Crippen LogP contribution < -0.4 is 10.1 Å². The van der Waals surface area contributed by atoms with Gasteiger partial charge < -0.3 is 14.8 Å². The number of alkyl halides is 5. The zero-order valence-corrected chi connectivity index (χ0v) is 19.1. The van der Waals surface area contributed by atoms with Crippen molar-refractivity contribution in [1.29, 1.82) is 0 Å². The molecule has 0 bridgehead atoms. The summed E-state index contributed by atoms with van der Waals surface area (Å²) in [5, 5.41) is 2.24. The minimum Gasteiger partial charge on any atom is -0.488 e. The number of hydrogen-bond donors (Lipinski definition) is 1. The maximum absolute atomic E-state index is 14.3. The molecule has 7 nitrogen and oxygen atoms in total. The number of nitrogens with one attached hydrogen (secondary N) is 1. The van der Waals surface area contributed by atoms with Crippen LogP contribution in [0.4, 0.5) is 27.6 Å². The second kappa shape index (κ2) is 10.7. The van der Waals surface area contributed by atoms with Crippen LogP contribution >= 0.6 is 11.6 Å². The van der Waals surface area contributed by atoms with Gasteiger partial charge in [-0.25, -0.2) is 4.98 Å². The molecule has 190 valence electrons. The van der Waals surface area contributed by atoms with Crippen molar-refractivity contribution in [3.63, 3.8) is 0 Å². The van der Waals surface area contributed by atoms with Crippen LogP contribution in [0.2, 0.25) is 5.15 Å². The molecule has 3 rings (SSSR count). The van der Waals surface area contributed by atoms with E-state index in [9.17, 15) is 31.5 Å². The number of benzene rings is 1. The Bertz CT molecular complexity index is 1080. The van der Waals surface area contributed by atoms with Crippen LogP contribution in [-0.2, 0) is 15.5 Å². The molecule has 2 heterocycles. The lowest BCUT2D eigenvalue weighted by Gasteiger charge is -2.28. The molecule has 1 atom stereocenters. The molecule has 0 saturated carbocycles. The lowest BCUT2D eigenvalue weighted by Crippen LogP contribution is -2.41. The number of carbonyl (C=O) groups excluding carboxylic acids is 2. The van der Waals surface area contributed by atoms with Gasteiger partial charge in [0.15, 0.2) is 6.23 Å². The summed E-state index contributed by atoms with van der Waals surface area (Å²) in [5.41, 5.74) is -1.62. The first kappa shape index (κ1) is 26.6. The summed E-state index contributed by atoms with van der Waals surface area (Å²) in [4.78, 5) is 29.4. The zero-order valence-electron chi connectivity index (χ0n) is 18.4. The maximum Gasteiger partial charge on any atom is 0.458 e. The highest BCUT2D eigenvalue weighted by atomic mass is 35.5. The maximum atomic E-state index is 14.3. The van der Waals surface area contributed by atoms with Gasteiger partial charge >= 0.3 is 18.1 Å². The number of esters is 1. The fourth-order valence-corrected chi connectivity index (χ4v) is 3.69. The molecule has 2 aromatic rings. The van der Waals surface area contributed by atoms with Crippen LogP contribution in [0.5, 0.6) is 5.75 Å². The van der Waals surface area contributed by atoms with E-state index in [0.717, 1.165) is 31.9 Å². The minimum atomic E-state index is -5.90. The number of ether oxygens (including phenoxy) is 2. The van der Waals surface area contributed by atoms with Crippen molar-refractivity contribution < 1.29 is 41.0 Å². The van der Waals surface area contributed by atoms with E-state index in [1.807, 2.05) is 0 Å². The lowest BCUT2D eigenvalue weighted by atomic mass is 10.1. The molecule has 1 aromatic heterocycles. The highest BCUT2D eigenvalue weighted by Gasteiger charge is 2.60. The standard InChI is InChI=1S/C22H21ClF5N3O4/c1-13(32)35-18(31-9-2-3-10-31)12-34-17-11-14(6-7-16(17)21(24,25)22(26,27)28)30-20(33)15-5-4-8-29-19(15)23/h4-8,11,18H,2-3,9-10,12H2,1H3,(H,30,33). The number of anilines is 1. The normalized spacial score (nSPS) is 15.5. The van der Waals surface area contributed by atoms with Crippen molar-refractivity contribution in [3.05, 3.63) is 52.8 Å². The quantitative estimate of drug-likeness (QED) is 0.299. The van der Waals surface area contributed by atoms with Crippen molar-refractivity contribution in [1.82, 2.24) is 9.88 Å². The Balaban J connectivity index is 1.91. The van der Waals surface area contributed by atoms with Crippen LogP contribution in [-0.4, -0.2) is 53.9 Å². The van der Waals surface area contributed by atoms with Crippen molar-refractivity contribution in [2.24, 2.45) is 0 Å². The Labute approximate surface area is 202 Å². The van der Waals surface area contributed by atoms with Gasteiger partial charge in [0.2, 0.25) is 0 Å². The molecule has 0 aliphatic carbocycles. The van der Waals surface area contributed by atoms with Gasteiger partial charge in [0.1, 0.15) is 17.5 Å². The summed E-state index contributed by atoms with van der Waals surface area (Å²) >= 11 is 5.87. The Morgan fingerprint density at radius 3 is 2.46 bits per heavy atom. The summed E-state index contributed by atoms with van der Waals surface area (Å²) in [6.45, 7) is 1.71. The van der Waals surface area contributed by atoms with E-state index in [1.54, 1.807) is 4.90 Å². The Morgan fingerprint density at radius 1 is 1.17 bits per heavy atom. The molecule has 0 spiro atoms. The van der Waals surface area contributed by atoms with Gasteiger partial charge in [0, 0.05) is 38.0 Å². The van der Waals surface area contributed by atoms with Crippen molar-refractivity contribution in [2.75, 3.05) is 25.0 Å². The molecule has 0 radical (unpaired) electrons. The van der Waals surface area contributed by atoms with Gasteiger partial charge in [-0.15, -0.1) is 0 Å². The van der Waals surface area contributed by atoms with Crippen LogP contribution in [0.25, 0.3) is 0 Å². The Morgan fingerprint density at radius 2 is 1.86 bits per heavy atom. The molecule has 35 heavy (non-hydrogen) atoms. The van der Waals surface area contributed by atoms with Crippen molar-refractivity contribution in [3.8, 4) is 5.75 Å². The fraction of sp³-hybridized carbons (Fsp3) is 0.409. The number of amides is 1. The smallest absolute Gasteiger partial charge is 0.458 e. The lowest BCUT2D eigenvalue weighted by molar-refractivity contribution is -0.289. The zero-order chi connectivity index (χ0) is 25.8. The fourth-order valence-electron chi connectivity index (χ4n) is 3.48. The number of pyridine rings is 1. The van der Waals surface area contributed by atoms with Gasteiger partial charge in [-0.05, 0) is 37.1 Å². The summed E-state index contributed by atoms with van der Waals surface area (Å²) < 4.78 is 78.4. The predicted octanol–water partition coefficient (Wildman–Crippen LogP) is 5.01. The average molecular weight is 522 g/mol. The monoisotopic (exact) mass is 521 g/mol. The van der Waals surface area contributed by atoms with E-state index < -0.39 is 48.1 Å². The summed E-state index contributed by atoms with van der Waals surface area (Å²) in [7, 11) is 0. The number of nitrogens with zero attached hydrogens (tertiary/aromatic N) is 2. The summed E-state index contributed by atoms with van der Waals surface area (Å²) in [6.07, 6.45) is -3.95.